The number of hydrogen-bond donors (Lipinski definition) is 2. The van der Waals surface area contributed by atoms with Crippen LogP contribution in [0.25, 0.3) is 0 Å². The van der Waals surface area contributed by atoms with Crippen LogP contribution >= 0.6 is 23.1 Å². The van der Waals surface area contributed by atoms with Crippen molar-refractivity contribution in [1.29, 1.82) is 0 Å². The lowest BCUT2D eigenvalue weighted by molar-refractivity contribution is -0.146. The van der Waals surface area contributed by atoms with Crippen LogP contribution in [-0.4, -0.2) is 52.4 Å². The molecule has 0 radical (unpaired) electrons. The molecular formula is C27H31N3O7S2. The van der Waals surface area contributed by atoms with Gasteiger partial charge >= 0.3 is 5.97 Å². The number of Topliss-reactive ketones (excluding diaryl/α,β-unsaturated/α-hetero) is 1. The van der Waals surface area contributed by atoms with Crippen LogP contribution in [0.2, 0.25) is 0 Å². The molecule has 3 rings (SSSR count). The van der Waals surface area contributed by atoms with E-state index in [1.54, 1.807) is 43.5 Å². The molecule has 0 aliphatic carbocycles. The maximum Gasteiger partial charge on any atom is 0.315 e. The number of anilines is 1. The highest BCUT2D eigenvalue weighted by molar-refractivity contribution is 8.01. The minimum absolute atomic E-state index is 0.00911. The quantitative estimate of drug-likeness (QED) is 0.0635. The van der Waals surface area contributed by atoms with Crippen molar-refractivity contribution in [2.45, 2.75) is 50.5 Å². The molecule has 0 atom stereocenters. The summed E-state index contributed by atoms with van der Waals surface area (Å²) in [5, 5.41) is 21.3. The Labute approximate surface area is 235 Å². The fraction of sp³-hybridized carbons (Fsp3) is 0.370. The first-order chi connectivity index (χ1) is 18.8. The molecule has 1 heterocycles. The van der Waals surface area contributed by atoms with Crippen molar-refractivity contribution in [1.82, 2.24) is 10.2 Å². The smallest absolute Gasteiger partial charge is 0.315 e. The lowest BCUT2D eigenvalue weighted by atomic mass is 10.0. The molecule has 0 unspecified atom stereocenters. The van der Waals surface area contributed by atoms with Crippen LogP contribution in [0.3, 0.4) is 0 Å². The van der Waals surface area contributed by atoms with Gasteiger partial charge in [-0.15, -0.1) is 10.2 Å². The third kappa shape index (κ3) is 9.25. The second kappa shape index (κ2) is 15.1. The maximum atomic E-state index is 12.2. The standard InChI is InChI=1S/C27H31N3O7S2/c1-4-6-21-22(12-11-20(17(2)31)25(21)34)36-13-5-14-38-27-30-29-26(39-27)28-23(32)15-24(33)37-16-18-7-9-19(35-3)10-8-18/h7-12,34H,4-6,13-16H2,1-3H3,(H,28,29,32). The van der Waals surface area contributed by atoms with E-state index in [0.717, 1.165) is 12.0 Å². The number of aromatic nitrogens is 2. The van der Waals surface area contributed by atoms with Crippen molar-refractivity contribution in [3.8, 4) is 17.2 Å². The number of phenolic OH excluding ortho intramolecular Hbond substituents is 1. The molecule has 39 heavy (non-hydrogen) atoms. The minimum Gasteiger partial charge on any atom is -0.507 e. The summed E-state index contributed by atoms with van der Waals surface area (Å²) >= 11 is 2.68. The monoisotopic (exact) mass is 573 g/mol. The fourth-order valence-electron chi connectivity index (χ4n) is 3.48. The molecule has 12 heteroatoms. The number of benzene rings is 2. The number of carbonyl (C=O) groups is 3. The molecule has 2 N–H and O–H groups in total. The summed E-state index contributed by atoms with van der Waals surface area (Å²) in [6.07, 6.45) is 1.68. The number of thioether (sulfide) groups is 1. The Hall–Kier alpha value is -3.64. The summed E-state index contributed by atoms with van der Waals surface area (Å²) in [5.74, 6) is 0.599. The van der Waals surface area contributed by atoms with Crippen molar-refractivity contribution in [3.05, 3.63) is 53.1 Å². The molecule has 2 aromatic carbocycles. The van der Waals surface area contributed by atoms with Gasteiger partial charge in [-0.25, -0.2) is 0 Å². The van der Waals surface area contributed by atoms with Gasteiger partial charge in [0.15, 0.2) is 10.1 Å². The fourth-order valence-corrected chi connectivity index (χ4v) is 5.23. The van der Waals surface area contributed by atoms with Crippen LogP contribution < -0.4 is 14.8 Å². The van der Waals surface area contributed by atoms with E-state index in [1.807, 2.05) is 6.92 Å². The van der Waals surface area contributed by atoms with Gasteiger partial charge in [-0.1, -0.05) is 48.6 Å². The van der Waals surface area contributed by atoms with Crippen LogP contribution in [0.5, 0.6) is 17.2 Å². The number of phenols is 1. The van der Waals surface area contributed by atoms with E-state index in [-0.39, 0.29) is 18.1 Å². The van der Waals surface area contributed by atoms with E-state index in [1.165, 1.54) is 30.0 Å². The predicted molar refractivity (Wildman–Crippen MR) is 149 cm³/mol. The summed E-state index contributed by atoms with van der Waals surface area (Å²) in [6, 6.07) is 10.4. The molecule has 1 amide bonds. The highest BCUT2D eigenvalue weighted by Crippen LogP contribution is 2.33. The number of ether oxygens (including phenoxy) is 3. The van der Waals surface area contributed by atoms with Gasteiger partial charge in [-0.3, -0.25) is 19.7 Å². The summed E-state index contributed by atoms with van der Waals surface area (Å²) in [7, 11) is 1.57. The maximum absolute atomic E-state index is 12.2. The molecule has 0 spiro atoms. The van der Waals surface area contributed by atoms with Gasteiger partial charge in [-0.2, -0.15) is 0 Å². The number of esters is 1. The number of hydrogen-bond acceptors (Lipinski definition) is 11. The normalized spacial score (nSPS) is 10.6. The van der Waals surface area contributed by atoms with Crippen LogP contribution in [0, 0.1) is 0 Å². The van der Waals surface area contributed by atoms with Crippen LogP contribution in [0.15, 0.2) is 40.7 Å². The average molecular weight is 574 g/mol. The van der Waals surface area contributed by atoms with E-state index in [9.17, 15) is 19.5 Å². The number of rotatable bonds is 15. The third-order valence-corrected chi connectivity index (χ3v) is 7.47. The van der Waals surface area contributed by atoms with Crippen molar-refractivity contribution < 1.29 is 33.7 Å². The lowest BCUT2D eigenvalue weighted by Crippen LogP contribution is -2.18. The Morgan fingerprint density at radius 1 is 1.10 bits per heavy atom. The third-order valence-electron chi connectivity index (χ3n) is 5.41. The number of nitrogens with one attached hydrogen (secondary N) is 1. The zero-order chi connectivity index (χ0) is 28.2. The van der Waals surface area contributed by atoms with Crippen LogP contribution in [0.4, 0.5) is 5.13 Å². The Kier molecular flexibility index (Phi) is 11.6. The number of methoxy groups -OCH3 is 1. The molecule has 0 fully saturated rings. The zero-order valence-corrected chi connectivity index (χ0v) is 23.7. The van der Waals surface area contributed by atoms with Gasteiger partial charge in [0.1, 0.15) is 30.3 Å². The lowest BCUT2D eigenvalue weighted by Gasteiger charge is -2.14. The number of nitrogens with zero attached hydrogens (tertiary/aromatic N) is 2. The topological polar surface area (TPSA) is 137 Å². The molecule has 10 nitrogen and oxygen atoms in total. The van der Waals surface area contributed by atoms with Crippen molar-refractivity contribution in [2.75, 3.05) is 24.8 Å². The second-order valence-corrected chi connectivity index (χ2v) is 10.7. The SMILES string of the molecule is CCCc1c(OCCCSc2nnc(NC(=O)CC(=O)OCc3ccc(OC)cc3)s2)ccc(C(C)=O)c1O. The highest BCUT2D eigenvalue weighted by atomic mass is 32.2. The highest BCUT2D eigenvalue weighted by Gasteiger charge is 2.16. The number of ketones is 1. The Bertz CT molecular complexity index is 1280. The zero-order valence-electron chi connectivity index (χ0n) is 22.0. The van der Waals surface area contributed by atoms with Gasteiger partial charge in [0.25, 0.3) is 0 Å². The van der Waals surface area contributed by atoms with Crippen molar-refractivity contribution in [2.24, 2.45) is 0 Å². The number of amides is 1. The first kappa shape index (κ1) is 29.9. The molecule has 0 bridgehead atoms. The van der Waals surface area contributed by atoms with E-state index >= 15 is 0 Å². The summed E-state index contributed by atoms with van der Waals surface area (Å²) in [6.45, 7) is 3.90. The molecule has 3 aromatic rings. The van der Waals surface area contributed by atoms with Crippen LogP contribution in [-0.2, 0) is 27.4 Å². The molecule has 1 aromatic heterocycles. The molecule has 0 aliphatic heterocycles. The Balaban J connectivity index is 1.37. The number of aromatic hydroxyl groups is 1. The molecular weight excluding hydrogens is 542 g/mol. The predicted octanol–water partition coefficient (Wildman–Crippen LogP) is 5.04. The largest absolute Gasteiger partial charge is 0.507 e. The second-order valence-electron chi connectivity index (χ2n) is 8.40. The molecule has 0 saturated carbocycles. The number of carbonyl (C=O) groups excluding carboxylic acids is 3. The van der Waals surface area contributed by atoms with Gasteiger partial charge in [-0.05, 0) is 49.6 Å². The molecule has 208 valence electrons. The van der Waals surface area contributed by atoms with E-state index in [4.69, 9.17) is 14.2 Å². The molecule has 0 aliphatic rings. The summed E-state index contributed by atoms with van der Waals surface area (Å²) in [5.41, 5.74) is 1.73. The Morgan fingerprint density at radius 3 is 2.56 bits per heavy atom. The van der Waals surface area contributed by atoms with Gasteiger partial charge in [0.05, 0.1) is 19.3 Å². The first-order valence-electron chi connectivity index (χ1n) is 12.3. The van der Waals surface area contributed by atoms with Crippen molar-refractivity contribution in [3.63, 3.8) is 0 Å². The van der Waals surface area contributed by atoms with Crippen molar-refractivity contribution >= 4 is 45.9 Å². The van der Waals surface area contributed by atoms with E-state index in [2.05, 4.69) is 15.5 Å². The van der Waals surface area contributed by atoms with E-state index < -0.39 is 18.3 Å². The van der Waals surface area contributed by atoms with E-state index in [0.29, 0.717) is 57.3 Å². The van der Waals surface area contributed by atoms with Gasteiger partial charge < -0.3 is 19.3 Å². The summed E-state index contributed by atoms with van der Waals surface area (Å²) < 4.78 is 16.8. The van der Waals surface area contributed by atoms with Gasteiger partial charge in [0, 0.05) is 11.3 Å². The minimum atomic E-state index is -0.645. The molecule has 0 saturated heterocycles. The van der Waals surface area contributed by atoms with Crippen LogP contribution in [0.1, 0.15) is 54.6 Å². The average Bonchev–Trinajstić information content (AvgIpc) is 3.35. The first-order valence-corrected chi connectivity index (χ1v) is 14.1. The summed E-state index contributed by atoms with van der Waals surface area (Å²) in [4.78, 5) is 35.9. The van der Waals surface area contributed by atoms with Gasteiger partial charge in [0.2, 0.25) is 11.0 Å². The Morgan fingerprint density at radius 2 is 1.87 bits per heavy atom.